The van der Waals surface area contributed by atoms with Gasteiger partial charge in [-0.15, -0.1) is 0 Å². The van der Waals surface area contributed by atoms with Gasteiger partial charge in [-0.05, 0) is 26.4 Å². The first-order chi connectivity index (χ1) is 8.10. The second-order valence-corrected chi connectivity index (χ2v) is 3.58. The van der Waals surface area contributed by atoms with E-state index in [1.54, 1.807) is 13.8 Å². The molecule has 0 saturated heterocycles. The molecular formula is C11H16NO5-. The minimum atomic E-state index is -0.861. The maximum atomic E-state index is 11.5. The van der Waals surface area contributed by atoms with Gasteiger partial charge in [0, 0.05) is 5.92 Å². The summed E-state index contributed by atoms with van der Waals surface area (Å²) >= 11 is 0. The summed E-state index contributed by atoms with van der Waals surface area (Å²) in [6, 6.07) is 0. The predicted octanol–water partition coefficient (Wildman–Crippen LogP) is -0.358. The van der Waals surface area contributed by atoms with E-state index in [1.807, 2.05) is 0 Å². The quantitative estimate of drug-likeness (QED) is 0.390. The van der Waals surface area contributed by atoms with Crippen molar-refractivity contribution in [1.82, 2.24) is 5.32 Å². The first-order valence-electron chi connectivity index (χ1n) is 5.62. The van der Waals surface area contributed by atoms with Crippen LogP contribution in [0.2, 0.25) is 0 Å². The van der Waals surface area contributed by atoms with Crippen molar-refractivity contribution in [2.24, 2.45) is 5.92 Å². The molecule has 1 rings (SSSR count). The highest BCUT2D eigenvalue weighted by molar-refractivity contribution is 5.95. The Bertz CT molecular complexity index is 333. The summed E-state index contributed by atoms with van der Waals surface area (Å²) in [5.74, 6) is -2.16. The minimum Gasteiger partial charge on any atom is -0.612 e. The molecule has 0 unspecified atom stereocenters. The number of amides is 1. The number of carbonyl (C=O) groups is 2. The van der Waals surface area contributed by atoms with E-state index in [4.69, 9.17) is 0 Å². The van der Waals surface area contributed by atoms with E-state index in [2.05, 4.69) is 14.8 Å². The van der Waals surface area contributed by atoms with Gasteiger partial charge in [-0.3, -0.25) is 4.79 Å². The molecule has 1 aliphatic carbocycles. The monoisotopic (exact) mass is 242 g/mol. The third-order valence-electron chi connectivity index (χ3n) is 2.16. The molecule has 1 saturated carbocycles. The molecule has 1 fully saturated rings. The zero-order valence-corrected chi connectivity index (χ0v) is 9.95. The van der Waals surface area contributed by atoms with Gasteiger partial charge in [0.05, 0.1) is 12.6 Å². The summed E-state index contributed by atoms with van der Waals surface area (Å²) in [7, 11) is 0. The Kier molecular flexibility index (Phi) is 4.81. The number of esters is 1. The molecule has 1 amide bonds. The first-order valence-corrected chi connectivity index (χ1v) is 5.62. The Morgan fingerprint density at radius 1 is 1.24 bits per heavy atom. The van der Waals surface area contributed by atoms with E-state index < -0.39 is 17.6 Å². The minimum absolute atomic E-state index is 0.103. The molecule has 0 aromatic carbocycles. The normalized spacial score (nSPS) is 15.9. The summed E-state index contributed by atoms with van der Waals surface area (Å²) in [5, 5.41) is 13.7. The van der Waals surface area contributed by atoms with Crippen LogP contribution in [0.4, 0.5) is 0 Å². The first kappa shape index (κ1) is 13.3. The van der Waals surface area contributed by atoms with E-state index >= 15 is 0 Å². The maximum Gasteiger partial charge on any atom is 0.356 e. The largest absolute Gasteiger partial charge is 0.612 e. The topological polar surface area (TPSA) is 87.7 Å². The van der Waals surface area contributed by atoms with E-state index in [1.165, 1.54) is 0 Å². The standard InChI is InChI=1S/C11H17NO5/c1-3-16-10(14)8(11(15)17-4-2)12-9(13)7-5-6-7/h7,14H,3-6H2,1-2H3,(H,12,13)/p-1/b10-8-. The average molecular weight is 242 g/mol. The Hall–Kier alpha value is -1.72. The Labute approximate surface area is 99.6 Å². The van der Waals surface area contributed by atoms with E-state index in [-0.39, 0.29) is 25.0 Å². The van der Waals surface area contributed by atoms with E-state index in [0.29, 0.717) is 0 Å². The van der Waals surface area contributed by atoms with Crippen LogP contribution < -0.4 is 10.4 Å². The van der Waals surface area contributed by atoms with Crippen LogP contribution in [-0.2, 0) is 19.1 Å². The fourth-order valence-electron chi connectivity index (χ4n) is 1.16. The predicted molar refractivity (Wildman–Crippen MR) is 56.2 cm³/mol. The van der Waals surface area contributed by atoms with Crippen molar-refractivity contribution in [3.8, 4) is 0 Å². The summed E-state index contributed by atoms with van der Waals surface area (Å²) < 4.78 is 9.36. The van der Waals surface area contributed by atoms with Crippen LogP contribution in [-0.4, -0.2) is 25.1 Å². The molecule has 0 spiro atoms. The third-order valence-corrected chi connectivity index (χ3v) is 2.16. The van der Waals surface area contributed by atoms with Crippen LogP contribution >= 0.6 is 0 Å². The van der Waals surface area contributed by atoms with Crippen LogP contribution in [0.5, 0.6) is 0 Å². The van der Waals surface area contributed by atoms with Gasteiger partial charge >= 0.3 is 5.97 Å². The molecule has 17 heavy (non-hydrogen) atoms. The van der Waals surface area contributed by atoms with Crippen LogP contribution in [0.15, 0.2) is 11.6 Å². The number of hydrogen-bond acceptors (Lipinski definition) is 5. The second-order valence-electron chi connectivity index (χ2n) is 3.58. The molecule has 1 N–H and O–H groups in total. The number of carbonyl (C=O) groups excluding carboxylic acids is 2. The number of ether oxygens (including phenoxy) is 2. The zero-order valence-electron chi connectivity index (χ0n) is 9.95. The van der Waals surface area contributed by atoms with Crippen molar-refractivity contribution in [2.45, 2.75) is 26.7 Å². The van der Waals surface area contributed by atoms with Gasteiger partial charge in [-0.2, -0.15) is 0 Å². The van der Waals surface area contributed by atoms with Gasteiger partial charge in [-0.1, -0.05) is 6.92 Å². The second kappa shape index (κ2) is 6.12. The molecule has 0 heterocycles. The summed E-state index contributed by atoms with van der Waals surface area (Å²) in [5.41, 5.74) is -0.439. The SMILES string of the molecule is CCOC(=O)/C(NC(=O)C1CC1)=C(\[O-])OCC. The average Bonchev–Trinajstić information content (AvgIpc) is 3.09. The van der Waals surface area contributed by atoms with Gasteiger partial charge in [0.1, 0.15) is 5.70 Å². The van der Waals surface area contributed by atoms with Crippen molar-refractivity contribution in [3.05, 3.63) is 11.6 Å². The lowest BCUT2D eigenvalue weighted by Gasteiger charge is -2.18. The molecule has 0 bridgehead atoms. The molecule has 0 aromatic rings. The molecule has 1 aliphatic rings. The third kappa shape index (κ3) is 3.97. The molecule has 0 atom stereocenters. The smallest absolute Gasteiger partial charge is 0.356 e. The van der Waals surface area contributed by atoms with Crippen molar-refractivity contribution in [1.29, 1.82) is 0 Å². The van der Waals surface area contributed by atoms with Crippen LogP contribution in [0.3, 0.4) is 0 Å². The number of hydrogen-bond donors (Lipinski definition) is 1. The van der Waals surface area contributed by atoms with Gasteiger partial charge < -0.3 is 19.9 Å². The van der Waals surface area contributed by atoms with Gasteiger partial charge in [0.2, 0.25) is 5.91 Å². The fraction of sp³-hybridized carbons (Fsp3) is 0.636. The van der Waals surface area contributed by atoms with Crippen molar-refractivity contribution in [2.75, 3.05) is 13.2 Å². The van der Waals surface area contributed by atoms with Crippen molar-refractivity contribution >= 4 is 11.9 Å². The molecule has 6 heteroatoms. The summed E-state index contributed by atoms with van der Waals surface area (Å²) in [6.07, 6.45) is 1.57. The highest BCUT2D eigenvalue weighted by Crippen LogP contribution is 2.29. The lowest BCUT2D eigenvalue weighted by Crippen LogP contribution is -2.34. The summed E-state index contributed by atoms with van der Waals surface area (Å²) in [6.45, 7) is 3.48. The molecule has 0 aliphatic heterocycles. The molecule has 96 valence electrons. The van der Waals surface area contributed by atoms with E-state index in [0.717, 1.165) is 12.8 Å². The van der Waals surface area contributed by atoms with Crippen LogP contribution in [0.1, 0.15) is 26.7 Å². The lowest BCUT2D eigenvalue weighted by atomic mass is 10.3. The molecular weight excluding hydrogens is 226 g/mol. The van der Waals surface area contributed by atoms with Crippen LogP contribution in [0.25, 0.3) is 0 Å². The Morgan fingerprint density at radius 3 is 2.29 bits per heavy atom. The lowest BCUT2D eigenvalue weighted by molar-refractivity contribution is -0.358. The van der Waals surface area contributed by atoms with Gasteiger partial charge in [-0.25, -0.2) is 4.79 Å². The number of nitrogens with one attached hydrogen (secondary N) is 1. The maximum absolute atomic E-state index is 11.5. The number of rotatable bonds is 6. The van der Waals surface area contributed by atoms with Gasteiger partial charge in [0.25, 0.3) is 0 Å². The van der Waals surface area contributed by atoms with Crippen molar-refractivity contribution < 1.29 is 24.2 Å². The summed E-state index contributed by atoms with van der Waals surface area (Å²) in [4.78, 5) is 22.9. The highest BCUT2D eigenvalue weighted by atomic mass is 16.6. The zero-order chi connectivity index (χ0) is 12.8. The molecule has 0 radical (unpaired) electrons. The van der Waals surface area contributed by atoms with Crippen LogP contribution in [0, 0.1) is 5.92 Å². The Balaban J connectivity index is 2.73. The molecule has 6 nitrogen and oxygen atoms in total. The Morgan fingerprint density at radius 2 is 1.82 bits per heavy atom. The van der Waals surface area contributed by atoms with Crippen molar-refractivity contribution in [3.63, 3.8) is 0 Å². The van der Waals surface area contributed by atoms with Gasteiger partial charge in [0.15, 0.2) is 0 Å². The highest BCUT2D eigenvalue weighted by Gasteiger charge is 2.31. The fourth-order valence-corrected chi connectivity index (χ4v) is 1.16. The molecule has 0 aromatic heterocycles. The van der Waals surface area contributed by atoms with E-state index in [9.17, 15) is 14.7 Å².